The molecule has 112 valence electrons. The number of aromatic nitrogens is 1. The van der Waals surface area contributed by atoms with Gasteiger partial charge < -0.3 is 0 Å². The zero-order chi connectivity index (χ0) is 15.8. The van der Waals surface area contributed by atoms with E-state index in [1.165, 1.54) is 34.9 Å². The second kappa shape index (κ2) is 5.47. The third-order valence-corrected chi connectivity index (χ3v) is 3.57. The summed E-state index contributed by atoms with van der Waals surface area (Å²) in [6.07, 6.45) is -7.99. The van der Waals surface area contributed by atoms with Crippen LogP contribution in [-0.2, 0) is 12.4 Å². The van der Waals surface area contributed by atoms with E-state index in [1.54, 1.807) is 0 Å². The van der Waals surface area contributed by atoms with Crippen molar-refractivity contribution in [3.8, 4) is 11.3 Å². The number of halogens is 7. The van der Waals surface area contributed by atoms with Gasteiger partial charge >= 0.3 is 12.4 Å². The van der Waals surface area contributed by atoms with Crippen molar-refractivity contribution in [2.75, 3.05) is 0 Å². The Morgan fingerprint density at radius 2 is 1.38 bits per heavy atom. The summed E-state index contributed by atoms with van der Waals surface area (Å²) in [5.41, 5.74) is -2.28. The van der Waals surface area contributed by atoms with Crippen molar-refractivity contribution in [1.82, 2.24) is 4.98 Å². The van der Waals surface area contributed by atoms with Crippen LogP contribution in [0, 0.1) is 3.57 Å². The topological polar surface area (TPSA) is 12.9 Å². The Balaban J connectivity index is 2.56. The smallest absolute Gasteiger partial charge is 0.256 e. The lowest BCUT2D eigenvalue weighted by Gasteiger charge is -2.14. The van der Waals surface area contributed by atoms with Crippen molar-refractivity contribution < 1.29 is 26.3 Å². The van der Waals surface area contributed by atoms with Crippen LogP contribution in [-0.4, -0.2) is 4.98 Å². The average molecular weight is 417 g/mol. The van der Waals surface area contributed by atoms with Crippen molar-refractivity contribution in [1.29, 1.82) is 0 Å². The minimum atomic E-state index is -4.64. The van der Waals surface area contributed by atoms with Crippen LogP contribution >= 0.6 is 22.6 Å². The Morgan fingerprint density at radius 3 is 1.86 bits per heavy atom. The largest absolute Gasteiger partial charge is 0.419 e. The Labute approximate surface area is 129 Å². The maximum atomic E-state index is 13.0. The molecule has 0 amide bonds. The molecule has 1 aromatic heterocycles. The molecule has 0 unspecified atom stereocenters. The van der Waals surface area contributed by atoms with Crippen molar-refractivity contribution >= 4 is 22.6 Å². The minimum absolute atomic E-state index is 0.0196. The molecule has 8 heteroatoms. The lowest BCUT2D eigenvalue weighted by molar-refractivity contribution is -0.138. The van der Waals surface area contributed by atoms with Gasteiger partial charge in [-0.25, -0.2) is 0 Å². The summed E-state index contributed by atoms with van der Waals surface area (Å²) in [6, 6.07) is 4.62. The molecule has 0 spiro atoms. The Hall–Kier alpha value is -1.32. The standard InChI is InChI=1S/C13H6F6IN/c14-12(15,16)8-3-1-7(2-4-8)11-10(13(17,18)19)9(20)5-6-21-11/h1-6H. The van der Waals surface area contributed by atoms with Gasteiger partial charge in [0.1, 0.15) is 0 Å². The summed E-state index contributed by atoms with van der Waals surface area (Å²) in [5, 5.41) is 0. The molecule has 1 nitrogen and oxygen atoms in total. The first kappa shape index (κ1) is 16.1. The van der Waals surface area contributed by atoms with Crippen LogP contribution in [0.1, 0.15) is 11.1 Å². The molecule has 0 N–H and O–H groups in total. The average Bonchev–Trinajstić information content (AvgIpc) is 2.36. The molecular weight excluding hydrogens is 411 g/mol. The quantitative estimate of drug-likeness (QED) is 0.448. The van der Waals surface area contributed by atoms with E-state index >= 15 is 0 Å². The third kappa shape index (κ3) is 3.47. The van der Waals surface area contributed by atoms with E-state index in [2.05, 4.69) is 4.98 Å². The van der Waals surface area contributed by atoms with Gasteiger partial charge in [0.25, 0.3) is 0 Å². The molecule has 21 heavy (non-hydrogen) atoms. The Kier molecular flexibility index (Phi) is 4.18. The van der Waals surface area contributed by atoms with Crippen LogP contribution < -0.4 is 0 Å². The highest BCUT2D eigenvalue weighted by Gasteiger charge is 2.37. The van der Waals surface area contributed by atoms with E-state index in [4.69, 9.17) is 0 Å². The second-order valence-electron chi connectivity index (χ2n) is 4.09. The van der Waals surface area contributed by atoms with E-state index in [-0.39, 0.29) is 14.8 Å². The van der Waals surface area contributed by atoms with E-state index in [1.807, 2.05) is 0 Å². The van der Waals surface area contributed by atoms with Crippen LogP contribution in [0.2, 0.25) is 0 Å². The van der Waals surface area contributed by atoms with Gasteiger partial charge in [-0.3, -0.25) is 4.98 Å². The fourth-order valence-corrected chi connectivity index (χ4v) is 2.47. The van der Waals surface area contributed by atoms with E-state index in [0.717, 1.165) is 24.3 Å². The first-order chi connectivity index (χ1) is 9.60. The van der Waals surface area contributed by atoms with E-state index in [9.17, 15) is 26.3 Å². The fourth-order valence-electron chi connectivity index (χ4n) is 1.74. The minimum Gasteiger partial charge on any atom is -0.256 e. The molecule has 0 fully saturated rings. The first-order valence-corrected chi connectivity index (χ1v) is 6.58. The van der Waals surface area contributed by atoms with Gasteiger partial charge in [-0.1, -0.05) is 12.1 Å². The number of alkyl halides is 6. The van der Waals surface area contributed by atoms with Gasteiger partial charge in [-0.15, -0.1) is 0 Å². The number of hydrogen-bond donors (Lipinski definition) is 0. The zero-order valence-electron chi connectivity index (χ0n) is 10.1. The predicted molar refractivity (Wildman–Crippen MR) is 72.4 cm³/mol. The molecule has 2 aromatic rings. The van der Waals surface area contributed by atoms with Gasteiger partial charge in [0.15, 0.2) is 0 Å². The molecule has 1 heterocycles. The summed E-state index contributed by atoms with van der Waals surface area (Å²) >= 11 is 1.52. The second-order valence-corrected chi connectivity index (χ2v) is 5.25. The molecule has 1 aromatic carbocycles. The lowest BCUT2D eigenvalue weighted by Crippen LogP contribution is -2.11. The van der Waals surface area contributed by atoms with Crippen molar-refractivity contribution in [3.63, 3.8) is 0 Å². The zero-order valence-corrected chi connectivity index (χ0v) is 12.2. The van der Waals surface area contributed by atoms with Gasteiger partial charge in [0, 0.05) is 15.3 Å². The highest BCUT2D eigenvalue weighted by atomic mass is 127. The van der Waals surface area contributed by atoms with E-state index < -0.39 is 23.5 Å². The molecule has 0 aliphatic carbocycles. The van der Waals surface area contributed by atoms with Crippen LogP contribution in [0.3, 0.4) is 0 Å². The molecular formula is C13H6F6IN. The fraction of sp³-hybridized carbons (Fsp3) is 0.154. The van der Waals surface area contributed by atoms with Crippen LogP contribution in [0.4, 0.5) is 26.3 Å². The van der Waals surface area contributed by atoms with Crippen LogP contribution in [0.15, 0.2) is 36.5 Å². The molecule has 0 radical (unpaired) electrons. The van der Waals surface area contributed by atoms with Gasteiger partial charge in [-0.05, 0) is 40.8 Å². The van der Waals surface area contributed by atoms with Gasteiger partial charge in [-0.2, -0.15) is 26.3 Å². The summed E-state index contributed by atoms with van der Waals surface area (Å²) in [7, 11) is 0. The number of nitrogens with zero attached hydrogens (tertiary/aromatic N) is 1. The maximum absolute atomic E-state index is 13.0. The lowest BCUT2D eigenvalue weighted by atomic mass is 10.0. The summed E-state index contributed by atoms with van der Waals surface area (Å²) in [5.74, 6) is 0. The van der Waals surface area contributed by atoms with Crippen molar-refractivity contribution in [2.24, 2.45) is 0 Å². The Bertz CT molecular complexity index is 645. The van der Waals surface area contributed by atoms with E-state index in [0.29, 0.717) is 0 Å². The highest BCUT2D eigenvalue weighted by molar-refractivity contribution is 14.1. The molecule has 0 aliphatic heterocycles. The number of rotatable bonds is 1. The predicted octanol–water partition coefficient (Wildman–Crippen LogP) is 5.39. The van der Waals surface area contributed by atoms with Crippen molar-refractivity contribution in [2.45, 2.75) is 12.4 Å². The summed E-state index contributed by atoms with van der Waals surface area (Å²) < 4.78 is 76.4. The number of pyridine rings is 1. The third-order valence-electron chi connectivity index (χ3n) is 2.67. The first-order valence-electron chi connectivity index (χ1n) is 5.50. The molecule has 0 aliphatic rings. The number of hydrogen-bond acceptors (Lipinski definition) is 1. The summed E-state index contributed by atoms with van der Waals surface area (Å²) in [4.78, 5) is 3.66. The molecule has 0 saturated heterocycles. The summed E-state index contributed by atoms with van der Waals surface area (Å²) in [6.45, 7) is 0. The van der Waals surface area contributed by atoms with Gasteiger partial charge in [0.2, 0.25) is 0 Å². The molecule has 0 saturated carbocycles. The molecule has 2 rings (SSSR count). The van der Waals surface area contributed by atoms with Crippen molar-refractivity contribution in [3.05, 3.63) is 51.2 Å². The molecule has 0 bridgehead atoms. The van der Waals surface area contributed by atoms with Crippen LogP contribution in [0.25, 0.3) is 11.3 Å². The maximum Gasteiger partial charge on any atom is 0.419 e. The SMILES string of the molecule is FC(F)(F)c1ccc(-c2nccc(I)c2C(F)(F)F)cc1. The number of benzene rings is 1. The normalized spacial score (nSPS) is 12.5. The Morgan fingerprint density at radius 1 is 0.810 bits per heavy atom. The molecule has 0 atom stereocenters. The monoisotopic (exact) mass is 417 g/mol. The van der Waals surface area contributed by atoms with Gasteiger partial charge in [0.05, 0.1) is 16.8 Å². The van der Waals surface area contributed by atoms with Crippen LogP contribution in [0.5, 0.6) is 0 Å². The highest BCUT2D eigenvalue weighted by Crippen LogP contribution is 2.39.